The predicted octanol–water partition coefficient (Wildman–Crippen LogP) is 7.46. The third-order valence-corrected chi connectivity index (χ3v) is 6.15. The maximum Gasteiger partial charge on any atom is 0.193 e. The van der Waals surface area contributed by atoms with Crippen LogP contribution in [0.25, 0.3) is 11.4 Å². The molecule has 1 aliphatic rings. The molecule has 3 aromatic rings. The van der Waals surface area contributed by atoms with E-state index < -0.39 is 0 Å². The van der Waals surface area contributed by atoms with Gasteiger partial charge in [0.2, 0.25) is 0 Å². The number of carbonyl (C=O) groups is 1. The normalized spacial score (nSPS) is 14.4. The molecule has 0 amide bonds. The molecule has 4 rings (SSSR count). The highest BCUT2D eigenvalue weighted by atomic mass is 127. The molecule has 4 heteroatoms. The smallest absolute Gasteiger partial charge is 0.193 e. The molecule has 1 aliphatic carbocycles. The van der Waals surface area contributed by atoms with E-state index in [1.54, 1.807) is 30.3 Å². The van der Waals surface area contributed by atoms with Crippen molar-refractivity contribution < 1.29 is 9.18 Å². The number of ketones is 1. The van der Waals surface area contributed by atoms with Crippen LogP contribution in [-0.2, 0) is 0 Å². The number of carbonyl (C=O) groups excluding carboxylic acids is 1. The standard InChI is InChI=1S/C25H15FI2O/c26-24-15-18(25(29)23-4-2-1-3-22(23)24)9-14-21(16-5-10-19(27)11-6-16)17-7-12-20(28)13-8-17/h1-15H/b18-9+. The van der Waals surface area contributed by atoms with Crippen LogP contribution < -0.4 is 0 Å². The van der Waals surface area contributed by atoms with Crippen molar-refractivity contribution in [2.45, 2.75) is 0 Å². The topological polar surface area (TPSA) is 17.1 Å². The average Bonchev–Trinajstić information content (AvgIpc) is 2.74. The number of Topliss-reactive ketones (excluding diaryl/α,β-unsaturated/α-hetero) is 1. The zero-order valence-electron chi connectivity index (χ0n) is 15.2. The Bertz CT molecular complexity index is 1120. The van der Waals surface area contributed by atoms with E-state index >= 15 is 0 Å². The first-order valence-corrected chi connectivity index (χ1v) is 11.1. The molecule has 0 radical (unpaired) electrons. The summed E-state index contributed by atoms with van der Waals surface area (Å²) in [6, 6.07) is 23.2. The van der Waals surface area contributed by atoms with E-state index in [2.05, 4.69) is 69.4 Å². The lowest BCUT2D eigenvalue weighted by Crippen LogP contribution is -2.09. The first-order chi connectivity index (χ1) is 14.0. The third kappa shape index (κ3) is 4.43. The van der Waals surface area contributed by atoms with Crippen LogP contribution in [0.2, 0.25) is 0 Å². The number of benzene rings is 3. The predicted molar refractivity (Wildman–Crippen MR) is 133 cm³/mol. The number of hydrogen-bond donors (Lipinski definition) is 0. The molecule has 0 saturated carbocycles. The zero-order chi connectivity index (χ0) is 20.4. The van der Waals surface area contributed by atoms with Gasteiger partial charge in [0.05, 0.1) is 0 Å². The number of halogens is 3. The van der Waals surface area contributed by atoms with Gasteiger partial charge in [-0.1, -0.05) is 60.7 Å². The number of allylic oxidation sites excluding steroid dienone is 4. The molecule has 142 valence electrons. The molecule has 0 N–H and O–H groups in total. The Hall–Kier alpha value is -2.06. The maximum atomic E-state index is 14.5. The summed E-state index contributed by atoms with van der Waals surface area (Å²) in [4.78, 5) is 12.8. The minimum absolute atomic E-state index is 0.164. The van der Waals surface area contributed by atoms with E-state index in [-0.39, 0.29) is 11.6 Å². The largest absolute Gasteiger partial charge is 0.289 e. The van der Waals surface area contributed by atoms with Crippen molar-refractivity contribution in [1.82, 2.24) is 0 Å². The lowest BCUT2D eigenvalue weighted by molar-refractivity contribution is 0.103. The van der Waals surface area contributed by atoms with Crippen LogP contribution in [0, 0.1) is 7.14 Å². The molecule has 0 atom stereocenters. The second-order valence-electron chi connectivity index (χ2n) is 6.58. The molecule has 0 bridgehead atoms. The van der Waals surface area contributed by atoms with Crippen molar-refractivity contribution in [2.24, 2.45) is 0 Å². The van der Waals surface area contributed by atoms with E-state index in [4.69, 9.17) is 0 Å². The van der Waals surface area contributed by atoms with Crippen LogP contribution in [0.3, 0.4) is 0 Å². The number of fused-ring (bicyclic) bond motifs is 1. The molecule has 0 fully saturated rings. The van der Waals surface area contributed by atoms with E-state index in [1.807, 2.05) is 30.3 Å². The summed E-state index contributed by atoms with van der Waals surface area (Å²) in [5, 5.41) is 0. The second kappa shape index (κ2) is 8.75. The highest BCUT2D eigenvalue weighted by molar-refractivity contribution is 14.1. The molecule has 1 nitrogen and oxygen atoms in total. The summed E-state index contributed by atoms with van der Waals surface area (Å²) >= 11 is 4.55. The summed E-state index contributed by atoms with van der Waals surface area (Å²) in [6.07, 6.45) is 4.93. The monoisotopic (exact) mass is 604 g/mol. The van der Waals surface area contributed by atoms with Gasteiger partial charge in [0.25, 0.3) is 0 Å². The van der Waals surface area contributed by atoms with Gasteiger partial charge in [-0.3, -0.25) is 4.79 Å². The fourth-order valence-electron chi connectivity index (χ4n) is 3.24. The van der Waals surface area contributed by atoms with E-state index in [9.17, 15) is 9.18 Å². The molecule has 0 heterocycles. The Kier molecular flexibility index (Phi) is 6.10. The molecular formula is C25H15FI2O. The first kappa shape index (κ1) is 20.2. The fourth-order valence-corrected chi connectivity index (χ4v) is 3.96. The van der Waals surface area contributed by atoms with Crippen molar-refractivity contribution in [1.29, 1.82) is 0 Å². The van der Waals surface area contributed by atoms with Crippen molar-refractivity contribution in [3.8, 4) is 0 Å². The van der Waals surface area contributed by atoms with Gasteiger partial charge in [0, 0.05) is 23.8 Å². The quantitative estimate of drug-likeness (QED) is 0.224. The Balaban J connectivity index is 1.81. The lowest BCUT2D eigenvalue weighted by Gasteiger charge is -2.13. The van der Waals surface area contributed by atoms with Crippen LogP contribution in [0.4, 0.5) is 4.39 Å². The summed E-state index contributed by atoms with van der Waals surface area (Å²) in [5.41, 5.74) is 4.15. The van der Waals surface area contributed by atoms with Crippen LogP contribution in [0.15, 0.2) is 96.6 Å². The molecule has 3 aromatic carbocycles. The van der Waals surface area contributed by atoms with Gasteiger partial charge in [0.1, 0.15) is 5.83 Å². The summed E-state index contributed by atoms with van der Waals surface area (Å²) in [6.45, 7) is 0. The Morgan fingerprint density at radius 2 is 1.28 bits per heavy atom. The highest BCUT2D eigenvalue weighted by Crippen LogP contribution is 2.31. The Morgan fingerprint density at radius 3 is 1.83 bits per heavy atom. The van der Waals surface area contributed by atoms with Gasteiger partial charge >= 0.3 is 0 Å². The fraction of sp³-hybridized carbons (Fsp3) is 0. The van der Waals surface area contributed by atoms with Gasteiger partial charge in [0.15, 0.2) is 5.78 Å². The summed E-state index contributed by atoms with van der Waals surface area (Å²) < 4.78 is 16.8. The van der Waals surface area contributed by atoms with Crippen molar-refractivity contribution in [3.05, 3.63) is 126 Å². The highest BCUT2D eigenvalue weighted by Gasteiger charge is 2.22. The summed E-state index contributed by atoms with van der Waals surface area (Å²) in [5.74, 6) is -0.548. The minimum atomic E-state index is -0.384. The van der Waals surface area contributed by atoms with Gasteiger partial charge in [-0.05, 0) is 92.2 Å². The molecule has 0 unspecified atom stereocenters. The van der Waals surface area contributed by atoms with Gasteiger partial charge < -0.3 is 0 Å². The first-order valence-electron chi connectivity index (χ1n) is 8.98. The number of rotatable bonds is 3. The van der Waals surface area contributed by atoms with Gasteiger partial charge in [-0.25, -0.2) is 4.39 Å². The van der Waals surface area contributed by atoms with Gasteiger partial charge in [-0.2, -0.15) is 0 Å². The van der Waals surface area contributed by atoms with Crippen LogP contribution in [-0.4, -0.2) is 5.78 Å². The SMILES string of the molecule is O=C1/C(=C/C=C(c2ccc(I)cc2)c2ccc(I)cc2)C=C(F)c2ccccc21. The molecule has 0 spiro atoms. The second-order valence-corrected chi connectivity index (χ2v) is 9.07. The van der Waals surface area contributed by atoms with E-state index in [0.29, 0.717) is 16.7 Å². The molecule has 0 aromatic heterocycles. The zero-order valence-corrected chi connectivity index (χ0v) is 19.5. The van der Waals surface area contributed by atoms with Crippen molar-refractivity contribution in [3.63, 3.8) is 0 Å². The van der Waals surface area contributed by atoms with Crippen molar-refractivity contribution in [2.75, 3.05) is 0 Å². The Labute approximate surface area is 196 Å². The van der Waals surface area contributed by atoms with Crippen LogP contribution >= 0.6 is 45.2 Å². The maximum absolute atomic E-state index is 14.5. The Morgan fingerprint density at radius 1 is 0.759 bits per heavy atom. The van der Waals surface area contributed by atoms with Crippen LogP contribution in [0.1, 0.15) is 27.0 Å². The van der Waals surface area contributed by atoms with Crippen LogP contribution in [0.5, 0.6) is 0 Å². The van der Waals surface area contributed by atoms with Crippen molar-refractivity contribution >= 4 is 62.4 Å². The molecular weight excluding hydrogens is 589 g/mol. The molecule has 0 aliphatic heterocycles. The van der Waals surface area contributed by atoms with E-state index in [1.165, 1.54) is 6.08 Å². The summed E-state index contributed by atoms with van der Waals surface area (Å²) in [7, 11) is 0. The average molecular weight is 604 g/mol. The minimum Gasteiger partial charge on any atom is -0.289 e. The number of hydrogen-bond acceptors (Lipinski definition) is 1. The lowest BCUT2D eigenvalue weighted by atomic mass is 9.90. The van der Waals surface area contributed by atoms with E-state index in [0.717, 1.165) is 23.8 Å². The molecule has 29 heavy (non-hydrogen) atoms. The van der Waals surface area contributed by atoms with Gasteiger partial charge in [-0.15, -0.1) is 0 Å². The molecule has 0 saturated heterocycles. The third-order valence-electron chi connectivity index (χ3n) is 4.71.